The fourth-order valence-electron chi connectivity index (χ4n) is 1.39. The molecule has 96 valence electrons. The highest BCUT2D eigenvalue weighted by molar-refractivity contribution is 6.43. The molecule has 1 atom stereocenters. The lowest BCUT2D eigenvalue weighted by atomic mass is 10.00. The van der Waals surface area contributed by atoms with Crippen molar-refractivity contribution < 1.29 is 4.52 Å². The second-order valence-corrected chi connectivity index (χ2v) is 5.08. The number of nitrogens with zero attached hydrogens (tertiary/aromatic N) is 2. The third kappa shape index (κ3) is 2.36. The predicted octanol–water partition coefficient (Wildman–Crippen LogP) is 3.63. The molecule has 0 fully saturated rings. The summed E-state index contributed by atoms with van der Waals surface area (Å²) in [5, 5.41) is 4.73. The SMILES string of the molecule is CCC(C)(N)c1noc(-c2cccc(Cl)c2Cl)n1. The van der Waals surface area contributed by atoms with Crippen molar-refractivity contribution in [2.24, 2.45) is 5.73 Å². The van der Waals surface area contributed by atoms with Crippen molar-refractivity contribution in [1.82, 2.24) is 10.1 Å². The van der Waals surface area contributed by atoms with Crippen molar-refractivity contribution in [1.29, 1.82) is 0 Å². The molecule has 0 amide bonds. The van der Waals surface area contributed by atoms with Crippen LogP contribution in [0.4, 0.5) is 0 Å². The zero-order chi connectivity index (χ0) is 13.3. The van der Waals surface area contributed by atoms with E-state index in [2.05, 4.69) is 10.1 Å². The van der Waals surface area contributed by atoms with Crippen LogP contribution in [-0.4, -0.2) is 10.1 Å². The Labute approximate surface area is 115 Å². The Morgan fingerprint density at radius 1 is 1.39 bits per heavy atom. The fourth-order valence-corrected chi connectivity index (χ4v) is 1.77. The Morgan fingerprint density at radius 2 is 2.11 bits per heavy atom. The Bertz CT molecular complexity index is 566. The Kier molecular flexibility index (Phi) is 3.61. The van der Waals surface area contributed by atoms with Crippen LogP contribution in [-0.2, 0) is 5.54 Å². The summed E-state index contributed by atoms with van der Waals surface area (Å²) < 4.78 is 5.19. The van der Waals surface area contributed by atoms with Crippen molar-refractivity contribution in [3.63, 3.8) is 0 Å². The highest BCUT2D eigenvalue weighted by Crippen LogP contribution is 2.33. The van der Waals surface area contributed by atoms with Crippen LogP contribution in [0.3, 0.4) is 0 Å². The first-order chi connectivity index (χ1) is 8.45. The molecule has 2 N–H and O–H groups in total. The van der Waals surface area contributed by atoms with Gasteiger partial charge < -0.3 is 10.3 Å². The first-order valence-corrected chi connectivity index (χ1v) is 6.28. The minimum atomic E-state index is -0.618. The molecule has 0 aliphatic carbocycles. The molecule has 0 saturated heterocycles. The van der Waals surface area contributed by atoms with Crippen molar-refractivity contribution in [2.45, 2.75) is 25.8 Å². The summed E-state index contributed by atoms with van der Waals surface area (Å²) in [4.78, 5) is 4.28. The average Bonchev–Trinajstić information content (AvgIpc) is 2.82. The molecule has 0 aliphatic heterocycles. The van der Waals surface area contributed by atoms with Crippen LogP contribution in [0, 0.1) is 0 Å². The minimum absolute atomic E-state index is 0.322. The number of aromatic nitrogens is 2. The third-order valence-corrected chi connectivity index (χ3v) is 3.67. The van der Waals surface area contributed by atoms with Crippen LogP contribution in [0.2, 0.25) is 10.0 Å². The molecule has 2 aromatic rings. The largest absolute Gasteiger partial charge is 0.334 e. The van der Waals surface area contributed by atoms with E-state index in [9.17, 15) is 0 Å². The molecule has 0 radical (unpaired) electrons. The van der Waals surface area contributed by atoms with Gasteiger partial charge in [0.2, 0.25) is 0 Å². The van der Waals surface area contributed by atoms with Gasteiger partial charge in [-0.2, -0.15) is 4.98 Å². The molecule has 0 saturated carbocycles. The van der Waals surface area contributed by atoms with Gasteiger partial charge >= 0.3 is 0 Å². The summed E-state index contributed by atoms with van der Waals surface area (Å²) >= 11 is 12.0. The standard InChI is InChI=1S/C12H13Cl2N3O/c1-3-12(2,15)11-16-10(18-17-11)7-5-4-6-8(13)9(7)14/h4-6H,3,15H2,1-2H3. The normalized spacial score (nSPS) is 14.5. The first kappa shape index (κ1) is 13.3. The van der Waals surface area contributed by atoms with Gasteiger partial charge in [0.05, 0.1) is 21.1 Å². The second-order valence-electron chi connectivity index (χ2n) is 4.30. The molecule has 1 heterocycles. The lowest BCUT2D eigenvalue weighted by Gasteiger charge is -2.16. The molecular weight excluding hydrogens is 273 g/mol. The van der Waals surface area contributed by atoms with E-state index in [-0.39, 0.29) is 0 Å². The quantitative estimate of drug-likeness (QED) is 0.935. The van der Waals surface area contributed by atoms with Gasteiger partial charge in [0.15, 0.2) is 5.82 Å². The predicted molar refractivity (Wildman–Crippen MR) is 71.6 cm³/mol. The number of rotatable bonds is 3. The Hall–Kier alpha value is -1.10. The molecule has 4 nitrogen and oxygen atoms in total. The maximum absolute atomic E-state index is 6.09. The summed E-state index contributed by atoms with van der Waals surface area (Å²) in [6.45, 7) is 3.81. The molecule has 1 aromatic heterocycles. The van der Waals surface area contributed by atoms with Gasteiger partial charge in [0, 0.05) is 0 Å². The van der Waals surface area contributed by atoms with Crippen LogP contribution in [0.25, 0.3) is 11.5 Å². The maximum Gasteiger partial charge on any atom is 0.259 e. The van der Waals surface area contributed by atoms with E-state index in [4.69, 9.17) is 33.5 Å². The minimum Gasteiger partial charge on any atom is -0.334 e. The Balaban J connectivity index is 2.45. The summed E-state index contributed by atoms with van der Waals surface area (Å²) in [5.41, 5.74) is 6.04. The van der Waals surface area contributed by atoms with E-state index >= 15 is 0 Å². The molecule has 6 heteroatoms. The Morgan fingerprint density at radius 3 is 2.78 bits per heavy atom. The van der Waals surface area contributed by atoms with Gasteiger partial charge in [-0.1, -0.05) is 41.3 Å². The second kappa shape index (κ2) is 4.88. The number of nitrogens with two attached hydrogens (primary N) is 1. The summed E-state index contributed by atoms with van der Waals surface area (Å²) in [7, 11) is 0. The summed E-state index contributed by atoms with van der Waals surface area (Å²) in [6.07, 6.45) is 0.704. The van der Waals surface area contributed by atoms with Gasteiger partial charge in [-0.05, 0) is 25.5 Å². The molecule has 0 bridgehead atoms. The molecule has 0 aliphatic rings. The van der Waals surface area contributed by atoms with Gasteiger partial charge in [-0.15, -0.1) is 0 Å². The van der Waals surface area contributed by atoms with E-state index in [1.807, 2.05) is 13.8 Å². The zero-order valence-corrected chi connectivity index (χ0v) is 11.6. The molecule has 1 aromatic carbocycles. The lowest BCUT2D eigenvalue weighted by molar-refractivity contribution is 0.379. The lowest BCUT2D eigenvalue weighted by Crippen LogP contribution is -2.33. The van der Waals surface area contributed by atoms with E-state index in [0.717, 1.165) is 0 Å². The van der Waals surface area contributed by atoms with Crippen molar-refractivity contribution in [3.8, 4) is 11.5 Å². The van der Waals surface area contributed by atoms with E-state index in [1.54, 1.807) is 18.2 Å². The van der Waals surface area contributed by atoms with Crippen LogP contribution in [0.15, 0.2) is 22.7 Å². The van der Waals surface area contributed by atoms with Crippen molar-refractivity contribution in [3.05, 3.63) is 34.1 Å². The van der Waals surface area contributed by atoms with Crippen molar-refractivity contribution in [2.75, 3.05) is 0 Å². The van der Waals surface area contributed by atoms with Gasteiger partial charge in [0.25, 0.3) is 5.89 Å². The first-order valence-electron chi connectivity index (χ1n) is 5.53. The molecule has 2 rings (SSSR count). The monoisotopic (exact) mass is 285 g/mol. The third-order valence-electron chi connectivity index (χ3n) is 2.85. The number of hydrogen-bond acceptors (Lipinski definition) is 4. The van der Waals surface area contributed by atoms with Crippen LogP contribution < -0.4 is 5.73 Å². The number of halogens is 2. The zero-order valence-electron chi connectivity index (χ0n) is 10.1. The van der Waals surface area contributed by atoms with Gasteiger partial charge in [0.1, 0.15) is 0 Å². The number of hydrogen-bond donors (Lipinski definition) is 1. The smallest absolute Gasteiger partial charge is 0.259 e. The highest BCUT2D eigenvalue weighted by Gasteiger charge is 2.26. The summed E-state index contributed by atoms with van der Waals surface area (Å²) in [5.74, 6) is 0.777. The van der Waals surface area contributed by atoms with Crippen LogP contribution in [0.5, 0.6) is 0 Å². The molecule has 0 spiro atoms. The van der Waals surface area contributed by atoms with E-state index < -0.39 is 5.54 Å². The molecular formula is C12H13Cl2N3O. The molecule has 1 unspecified atom stereocenters. The fraction of sp³-hybridized carbons (Fsp3) is 0.333. The maximum atomic E-state index is 6.09. The molecule has 18 heavy (non-hydrogen) atoms. The summed E-state index contributed by atoms with van der Waals surface area (Å²) in [6, 6.07) is 5.24. The van der Waals surface area contributed by atoms with Crippen molar-refractivity contribution >= 4 is 23.2 Å². The van der Waals surface area contributed by atoms with Crippen LogP contribution in [0.1, 0.15) is 26.1 Å². The number of benzene rings is 1. The topological polar surface area (TPSA) is 64.9 Å². The highest BCUT2D eigenvalue weighted by atomic mass is 35.5. The van der Waals surface area contributed by atoms with E-state index in [0.29, 0.717) is 33.7 Å². The van der Waals surface area contributed by atoms with Crippen LogP contribution >= 0.6 is 23.2 Å². The van der Waals surface area contributed by atoms with Gasteiger partial charge in [-0.3, -0.25) is 0 Å². The average molecular weight is 286 g/mol. The van der Waals surface area contributed by atoms with Gasteiger partial charge in [-0.25, -0.2) is 0 Å². The van der Waals surface area contributed by atoms with E-state index in [1.165, 1.54) is 0 Å².